The van der Waals surface area contributed by atoms with E-state index in [4.69, 9.17) is 5.73 Å². The van der Waals surface area contributed by atoms with Crippen molar-refractivity contribution in [1.29, 1.82) is 0 Å². The van der Waals surface area contributed by atoms with Gasteiger partial charge in [-0.2, -0.15) is 0 Å². The number of likely N-dealkylation sites (tertiary alicyclic amines) is 1. The summed E-state index contributed by atoms with van der Waals surface area (Å²) >= 11 is 0. The van der Waals surface area contributed by atoms with E-state index in [1.165, 1.54) is 44.9 Å². The van der Waals surface area contributed by atoms with Crippen LogP contribution in [0.25, 0.3) is 0 Å². The van der Waals surface area contributed by atoms with E-state index in [0.717, 1.165) is 25.7 Å². The summed E-state index contributed by atoms with van der Waals surface area (Å²) in [6, 6.07) is 0.450. The molecule has 0 radical (unpaired) electrons. The van der Waals surface area contributed by atoms with E-state index >= 15 is 0 Å². The highest BCUT2D eigenvalue weighted by Crippen LogP contribution is 2.39. The molecule has 0 bridgehead atoms. The second kappa shape index (κ2) is 7.65. The summed E-state index contributed by atoms with van der Waals surface area (Å²) in [5, 5.41) is 3.21. The number of nitrogens with one attached hydrogen (secondary N) is 1. The van der Waals surface area contributed by atoms with E-state index in [-0.39, 0.29) is 17.9 Å². The molecule has 1 saturated heterocycles. The van der Waals surface area contributed by atoms with Crippen molar-refractivity contribution in [3.05, 3.63) is 0 Å². The summed E-state index contributed by atoms with van der Waals surface area (Å²) < 4.78 is 0. The topological polar surface area (TPSA) is 75.4 Å². The second-order valence-corrected chi connectivity index (χ2v) is 7.69. The SMILES string of the molecule is NC(=O)[C@@H]1C[C@H]2CCCC[C@@H]2N1CC(=O)NC1CCCCCC1. The van der Waals surface area contributed by atoms with Gasteiger partial charge >= 0.3 is 0 Å². The summed E-state index contributed by atoms with van der Waals surface area (Å²) in [7, 11) is 0. The van der Waals surface area contributed by atoms with Gasteiger partial charge in [-0.15, -0.1) is 0 Å². The first-order valence-corrected chi connectivity index (χ1v) is 9.49. The average Bonchev–Trinajstić information content (AvgIpc) is 2.70. The van der Waals surface area contributed by atoms with Crippen LogP contribution in [0, 0.1) is 5.92 Å². The van der Waals surface area contributed by atoms with Crippen LogP contribution in [0.4, 0.5) is 0 Å². The fourth-order valence-corrected chi connectivity index (χ4v) is 4.92. The minimum Gasteiger partial charge on any atom is -0.368 e. The van der Waals surface area contributed by atoms with E-state index in [1.54, 1.807) is 0 Å². The first-order valence-electron chi connectivity index (χ1n) is 9.49. The highest BCUT2D eigenvalue weighted by atomic mass is 16.2. The molecule has 2 amide bonds. The van der Waals surface area contributed by atoms with Crippen molar-refractivity contribution in [2.45, 2.75) is 88.8 Å². The maximum absolute atomic E-state index is 12.5. The van der Waals surface area contributed by atoms with Gasteiger partial charge in [0.1, 0.15) is 0 Å². The van der Waals surface area contributed by atoms with Gasteiger partial charge in [0.2, 0.25) is 11.8 Å². The lowest BCUT2D eigenvalue weighted by atomic mass is 9.84. The first-order chi connectivity index (χ1) is 11.1. The maximum Gasteiger partial charge on any atom is 0.234 e. The number of amides is 2. The summed E-state index contributed by atoms with van der Waals surface area (Å²) in [6.45, 7) is 0.339. The Morgan fingerprint density at radius 3 is 2.30 bits per heavy atom. The molecule has 1 aliphatic heterocycles. The Kier molecular flexibility index (Phi) is 5.57. The number of hydrogen-bond acceptors (Lipinski definition) is 3. The molecule has 2 aliphatic carbocycles. The predicted molar refractivity (Wildman–Crippen MR) is 89.7 cm³/mol. The molecule has 3 aliphatic rings. The Hall–Kier alpha value is -1.10. The van der Waals surface area contributed by atoms with Crippen LogP contribution in [-0.4, -0.2) is 41.4 Å². The van der Waals surface area contributed by atoms with Crippen LogP contribution in [0.3, 0.4) is 0 Å². The molecule has 0 unspecified atom stereocenters. The Labute approximate surface area is 139 Å². The largest absolute Gasteiger partial charge is 0.368 e. The smallest absolute Gasteiger partial charge is 0.234 e. The van der Waals surface area contributed by atoms with Crippen LogP contribution >= 0.6 is 0 Å². The van der Waals surface area contributed by atoms with Crippen molar-refractivity contribution in [2.24, 2.45) is 11.7 Å². The molecule has 130 valence electrons. The molecule has 0 spiro atoms. The number of fused-ring (bicyclic) bond motifs is 1. The van der Waals surface area contributed by atoms with Crippen LogP contribution in [0.1, 0.15) is 70.6 Å². The maximum atomic E-state index is 12.5. The Balaban J connectivity index is 1.59. The monoisotopic (exact) mass is 321 g/mol. The lowest BCUT2D eigenvalue weighted by molar-refractivity contribution is -0.127. The van der Waals surface area contributed by atoms with Crippen molar-refractivity contribution in [1.82, 2.24) is 10.2 Å². The molecule has 5 nitrogen and oxygen atoms in total. The predicted octanol–water partition coefficient (Wildman–Crippen LogP) is 1.94. The highest BCUT2D eigenvalue weighted by molar-refractivity contribution is 5.83. The summed E-state index contributed by atoms with van der Waals surface area (Å²) in [5.41, 5.74) is 5.61. The highest BCUT2D eigenvalue weighted by Gasteiger charge is 2.44. The number of carbonyl (C=O) groups excluding carboxylic acids is 2. The molecular weight excluding hydrogens is 290 g/mol. The first kappa shape index (κ1) is 16.7. The summed E-state index contributed by atoms with van der Waals surface area (Å²) in [5.74, 6) is 0.364. The quantitative estimate of drug-likeness (QED) is 0.777. The fraction of sp³-hybridized carbons (Fsp3) is 0.889. The molecule has 1 heterocycles. The van der Waals surface area contributed by atoms with Crippen LogP contribution < -0.4 is 11.1 Å². The molecule has 3 atom stereocenters. The van der Waals surface area contributed by atoms with Gasteiger partial charge in [-0.25, -0.2) is 0 Å². The van der Waals surface area contributed by atoms with Gasteiger partial charge in [0.05, 0.1) is 12.6 Å². The summed E-state index contributed by atoms with van der Waals surface area (Å²) in [6.07, 6.45) is 12.7. The van der Waals surface area contributed by atoms with Gasteiger partial charge in [0.15, 0.2) is 0 Å². The minimum absolute atomic E-state index is 0.0781. The molecule has 3 fully saturated rings. The van der Waals surface area contributed by atoms with E-state index in [9.17, 15) is 9.59 Å². The Morgan fingerprint density at radius 2 is 1.61 bits per heavy atom. The van der Waals surface area contributed by atoms with E-state index < -0.39 is 0 Å². The number of carbonyl (C=O) groups is 2. The number of nitrogens with two attached hydrogens (primary N) is 1. The second-order valence-electron chi connectivity index (χ2n) is 7.69. The van der Waals surface area contributed by atoms with Crippen LogP contribution in [0.5, 0.6) is 0 Å². The number of primary amides is 1. The minimum atomic E-state index is -0.262. The van der Waals surface area contributed by atoms with Crippen LogP contribution in [0.15, 0.2) is 0 Å². The lowest BCUT2D eigenvalue weighted by Gasteiger charge is -2.33. The lowest BCUT2D eigenvalue weighted by Crippen LogP contribution is -2.50. The molecule has 2 saturated carbocycles. The molecule has 3 rings (SSSR count). The van der Waals surface area contributed by atoms with Gasteiger partial charge < -0.3 is 11.1 Å². The van der Waals surface area contributed by atoms with Crippen molar-refractivity contribution < 1.29 is 9.59 Å². The third-order valence-corrected chi connectivity index (χ3v) is 6.10. The molecular formula is C18H31N3O2. The van der Waals surface area contributed by atoms with Gasteiger partial charge in [-0.3, -0.25) is 14.5 Å². The van der Waals surface area contributed by atoms with Crippen molar-refractivity contribution >= 4 is 11.8 Å². The normalized spacial score (nSPS) is 33.0. The van der Waals surface area contributed by atoms with Crippen LogP contribution in [-0.2, 0) is 9.59 Å². The zero-order valence-corrected chi connectivity index (χ0v) is 14.1. The molecule has 5 heteroatoms. The van der Waals surface area contributed by atoms with E-state index in [1.807, 2.05) is 0 Å². The number of rotatable bonds is 4. The zero-order chi connectivity index (χ0) is 16.2. The van der Waals surface area contributed by atoms with Crippen molar-refractivity contribution in [3.8, 4) is 0 Å². The third-order valence-electron chi connectivity index (χ3n) is 6.10. The van der Waals surface area contributed by atoms with Gasteiger partial charge in [0.25, 0.3) is 0 Å². The zero-order valence-electron chi connectivity index (χ0n) is 14.1. The van der Waals surface area contributed by atoms with Crippen molar-refractivity contribution in [3.63, 3.8) is 0 Å². The molecule has 3 N–H and O–H groups in total. The Morgan fingerprint density at radius 1 is 0.957 bits per heavy atom. The van der Waals surface area contributed by atoms with Crippen LogP contribution in [0.2, 0.25) is 0 Å². The van der Waals surface area contributed by atoms with E-state index in [2.05, 4.69) is 10.2 Å². The third kappa shape index (κ3) is 4.06. The fourth-order valence-electron chi connectivity index (χ4n) is 4.92. The average molecular weight is 321 g/mol. The molecule has 0 aromatic rings. The van der Waals surface area contributed by atoms with Gasteiger partial charge in [-0.05, 0) is 38.0 Å². The summed E-state index contributed by atoms with van der Waals surface area (Å²) in [4.78, 5) is 26.4. The molecule has 0 aromatic carbocycles. The van der Waals surface area contributed by atoms with Gasteiger partial charge in [0, 0.05) is 12.1 Å². The molecule has 23 heavy (non-hydrogen) atoms. The standard InChI is InChI=1S/C18H31N3O2/c19-18(23)16-11-13-7-5-6-10-15(13)21(16)12-17(22)20-14-8-3-1-2-4-9-14/h13-16H,1-12H2,(H2,19,23)(H,20,22)/t13-,15+,16+/m1/s1. The Bertz CT molecular complexity index is 432. The van der Waals surface area contributed by atoms with Gasteiger partial charge in [-0.1, -0.05) is 38.5 Å². The molecule has 0 aromatic heterocycles. The number of hydrogen-bond donors (Lipinski definition) is 2. The number of nitrogens with zero attached hydrogens (tertiary/aromatic N) is 1. The van der Waals surface area contributed by atoms with E-state index in [0.29, 0.717) is 24.5 Å². The van der Waals surface area contributed by atoms with Crippen molar-refractivity contribution in [2.75, 3.05) is 6.54 Å².